The van der Waals surface area contributed by atoms with E-state index in [2.05, 4.69) is 171 Å². The minimum Gasteiger partial charge on any atom is -1.00 e. The SMILES string of the molecule is CC1CCC(c2cc3c(-c4ccc(C(C)(C)C)cc4)cccc3[cH-]2)CC1.C[Si](C)=[Zr+2].Cc1cc2c(-c3ccc(C(C)C)cc3)cccc2[cH-]1.[Cl-].[Cl-]. The van der Waals surface area contributed by atoms with Gasteiger partial charge in [0.25, 0.3) is 0 Å². The number of aryl methyl sites for hydroxylation is 1. The molecule has 0 aromatic heterocycles. The van der Waals surface area contributed by atoms with Gasteiger partial charge in [-0.15, -0.1) is 69.1 Å². The summed E-state index contributed by atoms with van der Waals surface area (Å²) in [6.07, 6.45) is 5.47. The van der Waals surface area contributed by atoms with E-state index in [1.807, 2.05) is 0 Å². The fourth-order valence-electron chi connectivity index (χ4n) is 7.17. The third-order valence-electron chi connectivity index (χ3n) is 10.1. The summed E-state index contributed by atoms with van der Waals surface area (Å²) in [4.78, 5) is 0. The van der Waals surface area contributed by atoms with Crippen molar-refractivity contribution in [1.82, 2.24) is 0 Å². The van der Waals surface area contributed by atoms with E-state index in [0.717, 1.165) is 11.8 Å². The molecule has 0 nitrogen and oxygen atoms in total. The van der Waals surface area contributed by atoms with Crippen molar-refractivity contribution in [3.63, 3.8) is 0 Å². The quantitative estimate of drug-likeness (QED) is 0.124. The smallest absolute Gasteiger partial charge is 0.0219 e. The molecule has 0 aliphatic heterocycles. The van der Waals surface area contributed by atoms with Crippen LogP contribution in [0.4, 0.5) is 0 Å². The molecule has 0 amide bonds. The van der Waals surface area contributed by atoms with Crippen molar-refractivity contribution in [2.24, 2.45) is 5.92 Å². The van der Waals surface area contributed by atoms with Gasteiger partial charge in [0.1, 0.15) is 0 Å². The molecule has 1 aliphatic carbocycles. The Balaban J connectivity index is 0.000000249. The molecular weight excluding hydrogens is 755 g/mol. The minimum atomic E-state index is 0. The third kappa shape index (κ3) is 11.4. The summed E-state index contributed by atoms with van der Waals surface area (Å²) in [5.74, 6) is 2.26. The van der Waals surface area contributed by atoms with Crippen LogP contribution in [0.1, 0.15) is 101 Å². The zero-order chi connectivity index (χ0) is 35.3. The summed E-state index contributed by atoms with van der Waals surface area (Å²) in [7, 11) is 0. The largest absolute Gasteiger partial charge is 1.00 e. The molecule has 0 atom stereocenters. The van der Waals surface area contributed by atoms with Gasteiger partial charge in [0.15, 0.2) is 0 Å². The Morgan fingerprint density at radius 1 is 0.686 bits per heavy atom. The topological polar surface area (TPSA) is 0 Å². The predicted molar refractivity (Wildman–Crippen MR) is 215 cm³/mol. The Bertz CT molecular complexity index is 1980. The molecule has 1 saturated carbocycles. The molecule has 0 heterocycles. The van der Waals surface area contributed by atoms with Crippen LogP contribution in [0.2, 0.25) is 13.1 Å². The Kier molecular flexibility index (Phi) is 16.3. The maximum absolute atomic E-state index is 2.48. The van der Waals surface area contributed by atoms with Gasteiger partial charge in [-0.25, -0.2) is 0 Å². The van der Waals surface area contributed by atoms with Crippen LogP contribution < -0.4 is 24.8 Å². The second-order valence-electron chi connectivity index (χ2n) is 16.0. The molecular formula is C47H56Cl2SiZr-2. The molecule has 1 aliphatic rings. The first-order chi connectivity index (χ1) is 23.3. The predicted octanol–water partition coefficient (Wildman–Crippen LogP) is 8.27. The van der Waals surface area contributed by atoms with Crippen molar-refractivity contribution in [3.05, 3.63) is 131 Å². The number of rotatable bonds is 4. The second kappa shape index (κ2) is 19.2. The van der Waals surface area contributed by atoms with Crippen LogP contribution in [0.15, 0.2) is 109 Å². The van der Waals surface area contributed by atoms with Gasteiger partial charge in [0.05, 0.1) is 0 Å². The third-order valence-corrected chi connectivity index (χ3v) is 10.1. The van der Waals surface area contributed by atoms with Crippen molar-refractivity contribution >= 4 is 27.0 Å². The van der Waals surface area contributed by atoms with Crippen LogP contribution >= 0.6 is 0 Å². The van der Waals surface area contributed by atoms with Gasteiger partial charge in [-0.3, -0.25) is 0 Å². The molecule has 6 aromatic rings. The van der Waals surface area contributed by atoms with Crippen molar-refractivity contribution in [2.45, 2.75) is 104 Å². The molecule has 0 saturated heterocycles. The average molecular weight is 811 g/mol. The van der Waals surface area contributed by atoms with E-state index in [1.54, 1.807) is 28.9 Å². The molecule has 0 spiro atoms. The van der Waals surface area contributed by atoms with Crippen LogP contribution in [0.3, 0.4) is 0 Å². The molecule has 51 heavy (non-hydrogen) atoms. The van der Waals surface area contributed by atoms with Gasteiger partial charge in [-0.1, -0.05) is 133 Å². The normalized spacial score (nSPS) is 15.6. The molecule has 0 radical (unpaired) electrons. The Hall–Kier alpha value is -2.22. The van der Waals surface area contributed by atoms with Gasteiger partial charge < -0.3 is 24.8 Å². The molecule has 4 heteroatoms. The molecule has 0 N–H and O–H groups in total. The van der Waals surface area contributed by atoms with Gasteiger partial charge in [-0.2, -0.15) is 12.1 Å². The fraction of sp³-hybridized carbons (Fsp3) is 0.362. The first kappa shape index (κ1) is 43.2. The summed E-state index contributed by atoms with van der Waals surface area (Å²) in [6.45, 7) is 20.5. The van der Waals surface area contributed by atoms with Crippen molar-refractivity contribution < 1.29 is 48.1 Å². The minimum absolute atomic E-state index is 0. The van der Waals surface area contributed by atoms with E-state index in [9.17, 15) is 0 Å². The number of halogens is 2. The first-order valence-electron chi connectivity index (χ1n) is 18.4. The summed E-state index contributed by atoms with van der Waals surface area (Å²) in [5, 5.41) is 5.51. The van der Waals surface area contributed by atoms with Gasteiger partial charge in [0, 0.05) is 0 Å². The van der Waals surface area contributed by atoms with Gasteiger partial charge >= 0.3 is 41.9 Å². The average Bonchev–Trinajstić information content (AvgIpc) is 3.68. The Morgan fingerprint density at radius 2 is 1.16 bits per heavy atom. The molecule has 6 aromatic carbocycles. The van der Waals surface area contributed by atoms with Crippen molar-refractivity contribution in [1.29, 1.82) is 0 Å². The molecule has 7 rings (SSSR count). The standard InChI is InChI=1S/C26H31.C19H19.C2H6Si.2ClH.Zr/c1-18-8-10-19(11-9-18)22-16-21-6-5-7-24(25(21)17-22)20-12-14-23(15-13-20)26(2,3)4;1-13(2)15-7-9-16(10-8-15)18-6-4-5-17-11-14(3)12-19(17)18;1-3-2;;;/h5-7,12-19H,8-11H2,1-4H3;4-13H,1-3H3;1-2H3;2*1H;/q2*-1;;;;+2/p-2. The number of fused-ring (bicyclic) bond motifs is 2. The molecule has 268 valence electrons. The van der Waals surface area contributed by atoms with Crippen LogP contribution in [-0.2, 0) is 28.8 Å². The maximum atomic E-state index is 2.48. The summed E-state index contributed by atoms with van der Waals surface area (Å²) >= 11 is 1.74. The van der Waals surface area contributed by atoms with E-state index in [1.165, 1.54) is 86.2 Å². The van der Waals surface area contributed by atoms with Gasteiger partial charge in [-0.05, 0) is 58.3 Å². The monoisotopic (exact) mass is 808 g/mol. The first-order valence-corrected chi connectivity index (χ1v) is 24.6. The van der Waals surface area contributed by atoms with E-state index >= 15 is 0 Å². The second-order valence-corrected chi connectivity index (χ2v) is 25.4. The summed E-state index contributed by atoms with van der Waals surface area (Å²) in [6, 6.07) is 40.9. The van der Waals surface area contributed by atoms with Crippen LogP contribution in [0.25, 0.3) is 43.8 Å². The molecule has 0 unspecified atom stereocenters. The van der Waals surface area contributed by atoms with E-state index in [0.29, 0.717) is 5.92 Å². The number of hydrogen-bond acceptors (Lipinski definition) is 0. The van der Waals surface area contributed by atoms with E-state index in [4.69, 9.17) is 0 Å². The number of hydrogen-bond donors (Lipinski definition) is 0. The number of benzene rings is 4. The summed E-state index contributed by atoms with van der Waals surface area (Å²) in [5.41, 5.74) is 11.4. The Labute approximate surface area is 336 Å². The van der Waals surface area contributed by atoms with Crippen LogP contribution in [-0.4, -0.2) is 5.43 Å². The molecule has 0 bridgehead atoms. The van der Waals surface area contributed by atoms with Crippen LogP contribution in [0.5, 0.6) is 0 Å². The fourth-order valence-corrected chi connectivity index (χ4v) is 7.17. The molecule has 1 fully saturated rings. The van der Waals surface area contributed by atoms with E-state index in [-0.39, 0.29) is 35.7 Å². The van der Waals surface area contributed by atoms with E-state index < -0.39 is 0 Å². The Morgan fingerprint density at radius 3 is 1.65 bits per heavy atom. The van der Waals surface area contributed by atoms with Gasteiger partial charge in [0.2, 0.25) is 0 Å². The zero-order valence-electron chi connectivity index (χ0n) is 32.2. The summed E-state index contributed by atoms with van der Waals surface area (Å²) < 4.78 is 0. The van der Waals surface area contributed by atoms with Crippen LogP contribution in [0, 0.1) is 12.8 Å². The van der Waals surface area contributed by atoms with Crippen molar-refractivity contribution in [2.75, 3.05) is 0 Å². The maximum Gasteiger partial charge on any atom is -0.0219 e. The zero-order valence-corrected chi connectivity index (χ0v) is 37.2. The van der Waals surface area contributed by atoms with Crippen molar-refractivity contribution in [3.8, 4) is 22.3 Å².